The van der Waals surface area contributed by atoms with Crippen molar-refractivity contribution in [2.75, 3.05) is 12.8 Å². The van der Waals surface area contributed by atoms with Gasteiger partial charge in [0, 0.05) is 6.54 Å². The first-order valence-corrected chi connectivity index (χ1v) is 4.26. The molecule has 1 aliphatic rings. The van der Waals surface area contributed by atoms with Gasteiger partial charge < -0.3 is 10.4 Å². The maximum atomic E-state index is 10.4. The lowest BCUT2D eigenvalue weighted by Gasteiger charge is -2.09. The molecule has 60 valence electrons. The number of carbonyl (C=O) groups is 1. The zero-order valence-corrected chi connectivity index (χ0v) is 6.81. The topological polar surface area (TPSA) is 61.7 Å². The average Bonchev–Trinajstić information content (AvgIpc) is 2.05. The van der Waals surface area contributed by atoms with Gasteiger partial charge in [0.15, 0.2) is 0 Å². The van der Waals surface area contributed by atoms with E-state index in [-0.39, 0.29) is 5.84 Å². The van der Waals surface area contributed by atoms with Gasteiger partial charge in [-0.1, -0.05) is 0 Å². The summed E-state index contributed by atoms with van der Waals surface area (Å²) < 4.78 is 0. The third-order valence-electron chi connectivity index (χ3n) is 1.18. The number of nitrogens with one attached hydrogen (secondary N) is 1. The summed E-state index contributed by atoms with van der Waals surface area (Å²) in [6.07, 6.45) is 3.71. The van der Waals surface area contributed by atoms with Crippen molar-refractivity contribution in [3.8, 4) is 0 Å². The van der Waals surface area contributed by atoms with Gasteiger partial charge in [0.25, 0.3) is 0 Å². The van der Waals surface area contributed by atoms with E-state index in [0.29, 0.717) is 6.54 Å². The first-order valence-electron chi connectivity index (χ1n) is 3.04. The zero-order valence-electron chi connectivity index (χ0n) is 6.00. The predicted molar refractivity (Wildman–Crippen MR) is 44.7 cm³/mol. The fourth-order valence-electron chi connectivity index (χ4n) is 0.683. The van der Waals surface area contributed by atoms with E-state index in [1.54, 1.807) is 0 Å². The third kappa shape index (κ3) is 1.98. The van der Waals surface area contributed by atoms with Gasteiger partial charge in [-0.2, -0.15) is 0 Å². The lowest BCUT2D eigenvalue weighted by molar-refractivity contribution is -0.129. The highest BCUT2D eigenvalue weighted by Crippen LogP contribution is 2.14. The Morgan fingerprint density at radius 1 is 1.91 bits per heavy atom. The highest BCUT2D eigenvalue weighted by Gasteiger charge is 2.11. The van der Waals surface area contributed by atoms with Gasteiger partial charge in [-0.05, 0) is 12.3 Å². The third-order valence-corrected chi connectivity index (χ3v) is 1.86. The molecule has 0 saturated heterocycles. The number of amidine groups is 1. The van der Waals surface area contributed by atoms with E-state index in [1.165, 1.54) is 11.8 Å². The Morgan fingerprint density at radius 3 is 3.18 bits per heavy atom. The van der Waals surface area contributed by atoms with Crippen LogP contribution in [0.1, 0.15) is 0 Å². The molecule has 1 rings (SSSR count). The van der Waals surface area contributed by atoms with Gasteiger partial charge >= 0.3 is 5.97 Å². The van der Waals surface area contributed by atoms with Crippen LogP contribution in [0.5, 0.6) is 0 Å². The molecule has 2 N–H and O–H groups in total. The molecule has 0 fully saturated rings. The van der Waals surface area contributed by atoms with Crippen molar-refractivity contribution in [3.63, 3.8) is 0 Å². The predicted octanol–water partition coefficient (Wildman–Crippen LogP) is 0.277. The van der Waals surface area contributed by atoms with Crippen molar-refractivity contribution in [1.29, 1.82) is 0 Å². The van der Waals surface area contributed by atoms with Crippen LogP contribution in [0.15, 0.2) is 16.1 Å². The molecule has 0 aromatic heterocycles. The number of aliphatic carboxylic acids is 1. The maximum absolute atomic E-state index is 10.4. The molecule has 0 aliphatic carbocycles. The molecule has 0 unspecified atom stereocenters. The fraction of sp³-hybridized carbons (Fsp3) is 0.333. The molecule has 4 nitrogen and oxygen atoms in total. The van der Waals surface area contributed by atoms with Gasteiger partial charge in [-0.3, -0.25) is 0 Å². The summed E-state index contributed by atoms with van der Waals surface area (Å²) in [7, 11) is 0. The van der Waals surface area contributed by atoms with Gasteiger partial charge in [-0.15, -0.1) is 11.8 Å². The molecule has 0 spiro atoms. The van der Waals surface area contributed by atoms with E-state index in [0.717, 1.165) is 5.03 Å². The molecule has 0 atom stereocenters. The summed E-state index contributed by atoms with van der Waals surface area (Å²) in [5.74, 6) is -0.985. The standard InChI is InChI=1S/C6H8N2O2S/c1-11-4-2-3-7-5(8-4)6(9)10/h2H,3H2,1H3,(H,7,8)(H,9,10). The number of thioether (sulfide) groups is 1. The van der Waals surface area contributed by atoms with Gasteiger partial charge in [-0.25, -0.2) is 9.79 Å². The van der Waals surface area contributed by atoms with Crippen LogP contribution in [0, 0.1) is 0 Å². The highest BCUT2D eigenvalue weighted by atomic mass is 32.2. The molecule has 0 saturated carbocycles. The lowest BCUT2D eigenvalue weighted by atomic mass is 10.4. The Balaban J connectivity index is 2.76. The fourth-order valence-corrected chi connectivity index (χ4v) is 1.12. The minimum absolute atomic E-state index is 0.0249. The van der Waals surface area contributed by atoms with E-state index in [9.17, 15) is 4.79 Å². The van der Waals surface area contributed by atoms with E-state index >= 15 is 0 Å². The Hall–Kier alpha value is -0.970. The largest absolute Gasteiger partial charge is 0.475 e. The van der Waals surface area contributed by atoms with Crippen LogP contribution < -0.4 is 5.32 Å². The van der Waals surface area contributed by atoms with Crippen LogP contribution in [-0.4, -0.2) is 29.7 Å². The van der Waals surface area contributed by atoms with Crippen molar-refractivity contribution in [1.82, 2.24) is 5.32 Å². The zero-order chi connectivity index (χ0) is 8.27. The van der Waals surface area contributed by atoms with Crippen molar-refractivity contribution in [3.05, 3.63) is 11.1 Å². The smallest absolute Gasteiger partial charge is 0.371 e. The summed E-state index contributed by atoms with van der Waals surface area (Å²) in [5, 5.41) is 11.9. The van der Waals surface area contributed by atoms with Gasteiger partial charge in [0.05, 0.1) is 5.03 Å². The Morgan fingerprint density at radius 2 is 2.64 bits per heavy atom. The number of hydrogen-bond acceptors (Lipinski definition) is 4. The van der Waals surface area contributed by atoms with Gasteiger partial charge in [0.1, 0.15) is 0 Å². The van der Waals surface area contributed by atoms with Crippen LogP contribution in [0.25, 0.3) is 0 Å². The SMILES string of the molecule is CSC1=CCNC(C(=O)O)=N1. The molecular formula is C6H8N2O2S. The number of hydrogen-bond donors (Lipinski definition) is 2. The van der Waals surface area contributed by atoms with Crippen molar-refractivity contribution in [2.24, 2.45) is 4.99 Å². The molecular weight excluding hydrogens is 164 g/mol. The molecule has 0 amide bonds. The van der Waals surface area contributed by atoms with Crippen LogP contribution in [0.2, 0.25) is 0 Å². The molecule has 1 aliphatic heterocycles. The quantitative estimate of drug-likeness (QED) is 0.628. The van der Waals surface area contributed by atoms with E-state index < -0.39 is 5.97 Å². The van der Waals surface area contributed by atoms with Crippen LogP contribution in [0.4, 0.5) is 0 Å². The summed E-state index contributed by atoms with van der Waals surface area (Å²) in [4.78, 5) is 14.2. The number of aliphatic imine (C=N–C) groups is 1. The normalized spacial score (nSPS) is 16.5. The highest BCUT2D eigenvalue weighted by molar-refractivity contribution is 8.02. The summed E-state index contributed by atoms with van der Waals surface area (Å²) in [5.41, 5.74) is 0. The summed E-state index contributed by atoms with van der Waals surface area (Å²) in [6, 6.07) is 0. The minimum Gasteiger partial charge on any atom is -0.475 e. The number of nitrogens with zero attached hydrogens (tertiary/aromatic N) is 1. The average molecular weight is 172 g/mol. The molecule has 5 heteroatoms. The number of rotatable bonds is 2. The van der Waals surface area contributed by atoms with Crippen LogP contribution in [-0.2, 0) is 4.79 Å². The van der Waals surface area contributed by atoms with Gasteiger partial charge in [0.2, 0.25) is 5.84 Å². The maximum Gasteiger partial charge on any atom is 0.371 e. The van der Waals surface area contributed by atoms with Crippen LogP contribution in [0.3, 0.4) is 0 Å². The first kappa shape index (κ1) is 8.13. The van der Waals surface area contributed by atoms with E-state index in [4.69, 9.17) is 5.11 Å². The second kappa shape index (κ2) is 3.43. The monoisotopic (exact) mass is 172 g/mol. The molecule has 1 heterocycles. The Bertz CT molecular complexity index is 235. The van der Waals surface area contributed by atoms with E-state index in [1.807, 2.05) is 12.3 Å². The molecule has 0 aromatic rings. The summed E-state index contributed by atoms with van der Waals surface area (Å²) in [6.45, 7) is 0.543. The number of carboxylic acids is 1. The second-order valence-corrected chi connectivity index (χ2v) is 2.72. The molecule has 0 aromatic carbocycles. The van der Waals surface area contributed by atoms with Crippen molar-refractivity contribution < 1.29 is 9.90 Å². The first-order chi connectivity index (χ1) is 5.24. The molecule has 0 radical (unpaired) electrons. The summed E-state index contributed by atoms with van der Waals surface area (Å²) >= 11 is 1.44. The second-order valence-electron chi connectivity index (χ2n) is 1.89. The van der Waals surface area contributed by atoms with Crippen LogP contribution >= 0.6 is 11.8 Å². The minimum atomic E-state index is -1.01. The van der Waals surface area contributed by atoms with Crippen molar-refractivity contribution >= 4 is 23.6 Å². The lowest BCUT2D eigenvalue weighted by Crippen LogP contribution is -2.33. The number of carboxylic acid groups (broad SMARTS) is 1. The van der Waals surface area contributed by atoms with E-state index in [2.05, 4.69) is 10.3 Å². The molecule has 0 bridgehead atoms. The Labute approximate surface area is 68.4 Å². The van der Waals surface area contributed by atoms with Crippen molar-refractivity contribution in [2.45, 2.75) is 0 Å². The Kier molecular flexibility index (Phi) is 2.53. The molecule has 11 heavy (non-hydrogen) atoms.